The summed E-state index contributed by atoms with van der Waals surface area (Å²) in [5.74, 6) is 0.858. The first-order valence-corrected chi connectivity index (χ1v) is 7.33. The van der Waals surface area contributed by atoms with Gasteiger partial charge in [0.15, 0.2) is 0 Å². The monoisotopic (exact) mass is 266 g/mol. The first kappa shape index (κ1) is 14.5. The Hall–Kier alpha value is -1.89. The molecule has 0 saturated carbocycles. The lowest BCUT2D eigenvalue weighted by molar-refractivity contribution is -0.117. The molecule has 1 atom stereocenters. The van der Waals surface area contributed by atoms with Crippen LogP contribution in [0.4, 0.5) is 0 Å². The Morgan fingerprint density at radius 3 is 2.00 bits per heavy atom. The molecule has 104 valence electrons. The van der Waals surface area contributed by atoms with E-state index in [4.69, 9.17) is 0 Å². The molecule has 2 aromatic rings. The van der Waals surface area contributed by atoms with Crippen LogP contribution in [0.15, 0.2) is 54.6 Å². The lowest BCUT2D eigenvalue weighted by Gasteiger charge is -2.09. The van der Waals surface area contributed by atoms with E-state index in [0.29, 0.717) is 18.8 Å². The quantitative estimate of drug-likeness (QED) is 0.749. The van der Waals surface area contributed by atoms with Gasteiger partial charge in [0.2, 0.25) is 0 Å². The topological polar surface area (TPSA) is 17.1 Å². The Bertz CT molecular complexity index is 540. The van der Waals surface area contributed by atoms with Crippen LogP contribution in [0.3, 0.4) is 0 Å². The number of benzene rings is 2. The highest BCUT2D eigenvalue weighted by molar-refractivity contribution is 5.83. The standard InChI is InChI=1S/C19H22O/c1-3-15(2)18-11-9-17(10-12-18)14-19(20)13-16-7-5-4-6-8-16/h4-12,15H,3,13-14H2,1-2H3. The number of ketones is 1. The van der Waals surface area contributed by atoms with Crippen LogP contribution in [-0.2, 0) is 17.6 Å². The highest BCUT2D eigenvalue weighted by Crippen LogP contribution is 2.19. The molecule has 2 aromatic carbocycles. The zero-order chi connectivity index (χ0) is 14.4. The minimum absolute atomic E-state index is 0.271. The molecular weight excluding hydrogens is 244 g/mol. The predicted molar refractivity (Wildman–Crippen MR) is 84.0 cm³/mol. The average molecular weight is 266 g/mol. The Morgan fingerprint density at radius 1 is 0.900 bits per heavy atom. The molecule has 1 unspecified atom stereocenters. The number of hydrogen-bond donors (Lipinski definition) is 0. The minimum Gasteiger partial charge on any atom is -0.299 e. The summed E-state index contributed by atoms with van der Waals surface area (Å²) < 4.78 is 0. The van der Waals surface area contributed by atoms with E-state index in [-0.39, 0.29) is 5.78 Å². The molecule has 0 aliphatic heterocycles. The van der Waals surface area contributed by atoms with Gasteiger partial charge in [-0.3, -0.25) is 4.79 Å². The zero-order valence-electron chi connectivity index (χ0n) is 12.3. The molecule has 0 heterocycles. The van der Waals surface area contributed by atoms with E-state index in [1.807, 2.05) is 30.3 Å². The third-order valence-corrected chi connectivity index (χ3v) is 3.81. The molecule has 1 nitrogen and oxygen atoms in total. The fraction of sp³-hybridized carbons (Fsp3) is 0.316. The van der Waals surface area contributed by atoms with E-state index >= 15 is 0 Å². The molecule has 0 spiro atoms. The molecule has 0 bridgehead atoms. The molecule has 0 aliphatic rings. The molecule has 20 heavy (non-hydrogen) atoms. The van der Waals surface area contributed by atoms with E-state index < -0.39 is 0 Å². The van der Waals surface area contributed by atoms with E-state index in [1.165, 1.54) is 5.56 Å². The molecule has 2 rings (SSSR count). The number of carbonyl (C=O) groups is 1. The maximum atomic E-state index is 12.1. The smallest absolute Gasteiger partial charge is 0.141 e. The third kappa shape index (κ3) is 4.06. The summed E-state index contributed by atoms with van der Waals surface area (Å²) in [4.78, 5) is 12.1. The predicted octanol–water partition coefficient (Wildman–Crippen LogP) is 4.55. The van der Waals surface area contributed by atoms with Crippen molar-refractivity contribution in [1.29, 1.82) is 0 Å². The third-order valence-electron chi connectivity index (χ3n) is 3.81. The van der Waals surface area contributed by atoms with E-state index in [9.17, 15) is 4.79 Å². The summed E-state index contributed by atoms with van der Waals surface area (Å²) in [6, 6.07) is 18.4. The van der Waals surface area contributed by atoms with Crippen molar-refractivity contribution in [3.63, 3.8) is 0 Å². The van der Waals surface area contributed by atoms with Crippen LogP contribution in [0.1, 0.15) is 42.9 Å². The number of Topliss-reactive ketones (excluding diaryl/α,β-unsaturated/α-hetero) is 1. The second-order valence-electron chi connectivity index (χ2n) is 5.43. The van der Waals surface area contributed by atoms with Crippen LogP contribution >= 0.6 is 0 Å². The van der Waals surface area contributed by atoms with Gasteiger partial charge >= 0.3 is 0 Å². The fourth-order valence-corrected chi connectivity index (χ4v) is 2.31. The van der Waals surface area contributed by atoms with Crippen molar-refractivity contribution in [1.82, 2.24) is 0 Å². The van der Waals surface area contributed by atoms with Crippen molar-refractivity contribution in [2.45, 2.75) is 39.0 Å². The Morgan fingerprint density at radius 2 is 1.45 bits per heavy atom. The second kappa shape index (κ2) is 7.04. The summed E-state index contributed by atoms with van der Waals surface area (Å²) in [5, 5.41) is 0. The van der Waals surface area contributed by atoms with Crippen molar-refractivity contribution in [2.75, 3.05) is 0 Å². The van der Waals surface area contributed by atoms with Gasteiger partial charge in [-0.2, -0.15) is 0 Å². The normalized spacial score (nSPS) is 12.1. The molecule has 0 aromatic heterocycles. The Balaban J connectivity index is 1.94. The lowest BCUT2D eigenvalue weighted by Crippen LogP contribution is -2.06. The average Bonchev–Trinajstić information content (AvgIpc) is 2.48. The van der Waals surface area contributed by atoms with Gasteiger partial charge in [-0.15, -0.1) is 0 Å². The van der Waals surface area contributed by atoms with Crippen LogP contribution in [0.5, 0.6) is 0 Å². The molecule has 0 aliphatic carbocycles. The van der Waals surface area contributed by atoms with Gasteiger partial charge in [0.05, 0.1) is 0 Å². The highest BCUT2D eigenvalue weighted by Gasteiger charge is 2.06. The van der Waals surface area contributed by atoms with Crippen LogP contribution < -0.4 is 0 Å². The zero-order valence-corrected chi connectivity index (χ0v) is 12.3. The molecule has 0 radical (unpaired) electrons. The summed E-state index contributed by atoms with van der Waals surface area (Å²) in [7, 11) is 0. The molecule has 0 fully saturated rings. The maximum absolute atomic E-state index is 12.1. The van der Waals surface area contributed by atoms with Gasteiger partial charge < -0.3 is 0 Å². The largest absolute Gasteiger partial charge is 0.299 e. The van der Waals surface area contributed by atoms with Gasteiger partial charge in [-0.1, -0.05) is 68.4 Å². The first-order valence-electron chi connectivity index (χ1n) is 7.33. The molecule has 0 N–H and O–H groups in total. The van der Waals surface area contributed by atoms with Crippen molar-refractivity contribution >= 4 is 5.78 Å². The highest BCUT2D eigenvalue weighted by atomic mass is 16.1. The second-order valence-corrected chi connectivity index (χ2v) is 5.43. The number of hydrogen-bond acceptors (Lipinski definition) is 1. The number of rotatable bonds is 6. The summed E-state index contributed by atoms with van der Waals surface area (Å²) in [6.45, 7) is 4.43. The fourth-order valence-electron chi connectivity index (χ4n) is 2.31. The van der Waals surface area contributed by atoms with E-state index in [0.717, 1.165) is 17.5 Å². The van der Waals surface area contributed by atoms with Gasteiger partial charge in [0.25, 0.3) is 0 Å². The molecule has 0 saturated heterocycles. The maximum Gasteiger partial charge on any atom is 0.141 e. The van der Waals surface area contributed by atoms with Gasteiger partial charge in [0.1, 0.15) is 5.78 Å². The van der Waals surface area contributed by atoms with Crippen molar-refractivity contribution in [3.05, 3.63) is 71.3 Å². The van der Waals surface area contributed by atoms with E-state index in [2.05, 4.69) is 38.1 Å². The molecule has 0 amide bonds. The summed E-state index contributed by atoms with van der Waals surface area (Å²) >= 11 is 0. The van der Waals surface area contributed by atoms with Crippen LogP contribution in [0.2, 0.25) is 0 Å². The summed E-state index contributed by atoms with van der Waals surface area (Å²) in [5.41, 5.74) is 3.55. The first-order chi connectivity index (χ1) is 9.69. The SMILES string of the molecule is CCC(C)c1ccc(CC(=O)Cc2ccccc2)cc1. The van der Waals surface area contributed by atoms with Crippen LogP contribution in [-0.4, -0.2) is 5.78 Å². The van der Waals surface area contributed by atoms with Gasteiger partial charge in [-0.25, -0.2) is 0 Å². The molecule has 1 heteroatoms. The number of carbonyl (C=O) groups excluding carboxylic acids is 1. The van der Waals surface area contributed by atoms with Crippen LogP contribution in [0.25, 0.3) is 0 Å². The Labute approximate surface area is 121 Å². The lowest BCUT2D eigenvalue weighted by atomic mass is 9.96. The van der Waals surface area contributed by atoms with Crippen molar-refractivity contribution in [2.24, 2.45) is 0 Å². The minimum atomic E-state index is 0.271. The van der Waals surface area contributed by atoms with E-state index in [1.54, 1.807) is 0 Å². The Kier molecular flexibility index (Phi) is 5.11. The van der Waals surface area contributed by atoms with Crippen molar-refractivity contribution in [3.8, 4) is 0 Å². The summed E-state index contributed by atoms with van der Waals surface area (Å²) in [6.07, 6.45) is 2.19. The van der Waals surface area contributed by atoms with Gasteiger partial charge in [-0.05, 0) is 29.0 Å². The molecular formula is C19H22O. The van der Waals surface area contributed by atoms with Crippen molar-refractivity contribution < 1.29 is 4.79 Å². The van der Waals surface area contributed by atoms with Crippen LogP contribution in [0, 0.1) is 0 Å². The van der Waals surface area contributed by atoms with Gasteiger partial charge in [0, 0.05) is 12.8 Å².